The summed E-state index contributed by atoms with van der Waals surface area (Å²) >= 11 is 0. The maximum atomic E-state index is 11.4. The Morgan fingerprint density at radius 2 is 2.25 bits per heavy atom. The molecule has 0 saturated carbocycles. The number of anilines is 2. The van der Waals surface area contributed by atoms with E-state index in [1.807, 2.05) is 19.1 Å². The number of nitrogens with one attached hydrogen (secondary N) is 1. The summed E-state index contributed by atoms with van der Waals surface area (Å²) in [5.41, 5.74) is 0.830. The van der Waals surface area contributed by atoms with Crippen LogP contribution in [0.25, 0.3) is 0 Å². The lowest BCUT2D eigenvalue weighted by Gasteiger charge is -2.19. The van der Waals surface area contributed by atoms with Crippen molar-refractivity contribution >= 4 is 17.4 Å². The molecule has 1 aromatic rings. The minimum Gasteiger partial charge on any atom is -0.355 e. The summed E-state index contributed by atoms with van der Waals surface area (Å²) in [6.07, 6.45) is 4.68. The lowest BCUT2D eigenvalue weighted by Crippen LogP contribution is -2.22. The van der Waals surface area contributed by atoms with Crippen molar-refractivity contribution in [2.75, 3.05) is 23.3 Å². The Labute approximate surface area is 95.7 Å². The maximum Gasteiger partial charge on any atom is 0.224 e. The minimum absolute atomic E-state index is 0.0356. The smallest absolute Gasteiger partial charge is 0.224 e. The quantitative estimate of drug-likeness (QED) is 0.846. The van der Waals surface area contributed by atoms with Gasteiger partial charge in [-0.15, -0.1) is 0 Å². The topological polar surface area (TPSA) is 45.2 Å². The molecule has 1 fully saturated rings. The summed E-state index contributed by atoms with van der Waals surface area (Å²) in [5.74, 6) is 0.940. The molecule has 1 amide bonds. The van der Waals surface area contributed by atoms with Crippen molar-refractivity contribution in [1.82, 2.24) is 4.98 Å². The lowest BCUT2D eigenvalue weighted by atomic mass is 10.3. The van der Waals surface area contributed by atoms with Gasteiger partial charge in [0, 0.05) is 25.7 Å². The Bertz CT molecular complexity index is 372. The van der Waals surface area contributed by atoms with Crippen LogP contribution >= 0.6 is 0 Å². The fourth-order valence-electron chi connectivity index (χ4n) is 1.91. The molecule has 0 aliphatic carbocycles. The third-order valence-corrected chi connectivity index (χ3v) is 2.79. The number of hydrogen-bond acceptors (Lipinski definition) is 3. The van der Waals surface area contributed by atoms with Gasteiger partial charge in [-0.1, -0.05) is 6.92 Å². The summed E-state index contributed by atoms with van der Waals surface area (Å²) in [6, 6.07) is 3.76. The average Bonchev–Trinajstić information content (AvgIpc) is 2.83. The van der Waals surface area contributed by atoms with E-state index in [0.29, 0.717) is 6.42 Å². The second-order valence-electron chi connectivity index (χ2n) is 3.97. The van der Waals surface area contributed by atoms with Crippen molar-refractivity contribution in [1.29, 1.82) is 0 Å². The summed E-state index contributed by atoms with van der Waals surface area (Å²) in [5, 5.41) is 2.89. The van der Waals surface area contributed by atoms with Crippen molar-refractivity contribution in [2.24, 2.45) is 0 Å². The van der Waals surface area contributed by atoms with E-state index in [2.05, 4.69) is 15.2 Å². The molecule has 1 N–H and O–H groups in total. The van der Waals surface area contributed by atoms with Crippen molar-refractivity contribution in [2.45, 2.75) is 26.2 Å². The summed E-state index contributed by atoms with van der Waals surface area (Å²) in [4.78, 5) is 18.0. The normalized spacial score (nSPS) is 15.2. The highest BCUT2D eigenvalue weighted by atomic mass is 16.1. The third-order valence-electron chi connectivity index (χ3n) is 2.79. The van der Waals surface area contributed by atoms with E-state index >= 15 is 0 Å². The molecule has 86 valence electrons. The molecule has 0 spiro atoms. The number of aromatic nitrogens is 1. The van der Waals surface area contributed by atoms with Crippen molar-refractivity contribution in [3.05, 3.63) is 18.3 Å². The largest absolute Gasteiger partial charge is 0.355 e. The van der Waals surface area contributed by atoms with Crippen molar-refractivity contribution in [3.63, 3.8) is 0 Å². The molecule has 0 radical (unpaired) electrons. The molecule has 1 aromatic heterocycles. The molecule has 4 nitrogen and oxygen atoms in total. The SMILES string of the molecule is CCC(=O)Nc1cccnc1N1CCCC1. The molecule has 1 aliphatic heterocycles. The molecule has 1 saturated heterocycles. The number of hydrogen-bond donors (Lipinski definition) is 1. The van der Waals surface area contributed by atoms with Gasteiger partial charge in [0.05, 0.1) is 5.69 Å². The van der Waals surface area contributed by atoms with Gasteiger partial charge in [0.25, 0.3) is 0 Å². The van der Waals surface area contributed by atoms with E-state index in [4.69, 9.17) is 0 Å². The second kappa shape index (κ2) is 4.96. The fourth-order valence-corrected chi connectivity index (χ4v) is 1.91. The zero-order valence-corrected chi connectivity index (χ0v) is 9.57. The predicted molar refractivity (Wildman–Crippen MR) is 64.6 cm³/mol. The summed E-state index contributed by atoms with van der Waals surface area (Å²) in [7, 11) is 0. The maximum absolute atomic E-state index is 11.4. The molecular weight excluding hydrogens is 202 g/mol. The molecule has 0 aromatic carbocycles. The van der Waals surface area contributed by atoms with Crippen LogP contribution in [-0.2, 0) is 4.79 Å². The van der Waals surface area contributed by atoms with Gasteiger partial charge in [-0.3, -0.25) is 4.79 Å². The van der Waals surface area contributed by atoms with Crippen LogP contribution < -0.4 is 10.2 Å². The molecule has 2 rings (SSSR count). The monoisotopic (exact) mass is 219 g/mol. The van der Waals surface area contributed by atoms with Gasteiger partial charge in [-0.05, 0) is 25.0 Å². The highest BCUT2D eigenvalue weighted by Gasteiger charge is 2.17. The minimum atomic E-state index is 0.0356. The van der Waals surface area contributed by atoms with Crippen LogP contribution in [0.1, 0.15) is 26.2 Å². The Morgan fingerprint density at radius 3 is 2.94 bits per heavy atom. The van der Waals surface area contributed by atoms with Gasteiger partial charge < -0.3 is 10.2 Å². The Morgan fingerprint density at radius 1 is 1.50 bits per heavy atom. The first kappa shape index (κ1) is 10.9. The number of carbonyl (C=O) groups is 1. The van der Waals surface area contributed by atoms with Crippen LogP contribution in [0.5, 0.6) is 0 Å². The van der Waals surface area contributed by atoms with E-state index in [-0.39, 0.29) is 5.91 Å². The molecule has 0 bridgehead atoms. The Kier molecular flexibility index (Phi) is 3.39. The summed E-state index contributed by atoms with van der Waals surface area (Å²) < 4.78 is 0. The van der Waals surface area contributed by atoms with Crippen LogP contribution in [0, 0.1) is 0 Å². The lowest BCUT2D eigenvalue weighted by molar-refractivity contribution is -0.115. The highest BCUT2D eigenvalue weighted by Crippen LogP contribution is 2.25. The first-order valence-corrected chi connectivity index (χ1v) is 5.81. The molecule has 16 heavy (non-hydrogen) atoms. The standard InChI is InChI=1S/C12H17N3O/c1-2-11(16)14-10-6-5-7-13-12(10)15-8-3-4-9-15/h5-7H,2-4,8-9H2,1H3,(H,14,16). The number of nitrogens with zero attached hydrogens (tertiary/aromatic N) is 2. The molecule has 2 heterocycles. The van der Waals surface area contributed by atoms with Gasteiger partial charge >= 0.3 is 0 Å². The first-order valence-electron chi connectivity index (χ1n) is 5.81. The number of pyridine rings is 1. The van der Waals surface area contributed by atoms with Crippen LogP contribution in [0.2, 0.25) is 0 Å². The zero-order valence-electron chi connectivity index (χ0n) is 9.57. The van der Waals surface area contributed by atoms with E-state index in [0.717, 1.165) is 24.6 Å². The second-order valence-corrected chi connectivity index (χ2v) is 3.97. The van der Waals surface area contributed by atoms with Crippen LogP contribution in [0.15, 0.2) is 18.3 Å². The van der Waals surface area contributed by atoms with E-state index in [1.54, 1.807) is 6.20 Å². The predicted octanol–water partition coefficient (Wildman–Crippen LogP) is 2.03. The number of rotatable bonds is 3. The first-order chi connectivity index (χ1) is 7.81. The van der Waals surface area contributed by atoms with Crippen LogP contribution in [-0.4, -0.2) is 24.0 Å². The van der Waals surface area contributed by atoms with E-state index < -0.39 is 0 Å². The molecular formula is C12H17N3O. The van der Waals surface area contributed by atoms with Crippen LogP contribution in [0.4, 0.5) is 11.5 Å². The average molecular weight is 219 g/mol. The van der Waals surface area contributed by atoms with Gasteiger partial charge in [0.1, 0.15) is 0 Å². The van der Waals surface area contributed by atoms with Gasteiger partial charge in [-0.2, -0.15) is 0 Å². The highest BCUT2D eigenvalue weighted by molar-refractivity contribution is 5.93. The van der Waals surface area contributed by atoms with Crippen molar-refractivity contribution < 1.29 is 4.79 Å². The Balaban J connectivity index is 2.19. The molecule has 0 unspecified atom stereocenters. The van der Waals surface area contributed by atoms with E-state index in [9.17, 15) is 4.79 Å². The third kappa shape index (κ3) is 2.32. The number of carbonyl (C=O) groups excluding carboxylic acids is 1. The van der Waals surface area contributed by atoms with Crippen LogP contribution in [0.3, 0.4) is 0 Å². The fraction of sp³-hybridized carbons (Fsp3) is 0.500. The van der Waals surface area contributed by atoms with E-state index in [1.165, 1.54) is 12.8 Å². The number of amides is 1. The molecule has 0 atom stereocenters. The summed E-state index contributed by atoms with van der Waals surface area (Å²) in [6.45, 7) is 3.92. The van der Waals surface area contributed by atoms with Gasteiger partial charge in [0.2, 0.25) is 5.91 Å². The Hall–Kier alpha value is -1.58. The van der Waals surface area contributed by atoms with Gasteiger partial charge in [0.15, 0.2) is 5.82 Å². The molecule has 4 heteroatoms. The van der Waals surface area contributed by atoms with Crippen molar-refractivity contribution in [3.8, 4) is 0 Å². The molecule has 1 aliphatic rings. The van der Waals surface area contributed by atoms with Gasteiger partial charge in [-0.25, -0.2) is 4.98 Å². The zero-order chi connectivity index (χ0) is 11.4.